The Morgan fingerprint density at radius 1 is 1.21 bits per heavy atom. The Morgan fingerprint density at radius 3 is 2.88 bits per heavy atom. The number of nitrogens with zero attached hydrogens (tertiary/aromatic N) is 4. The van der Waals surface area contributed by atoms with Gasteiger partial charge in [-0.3, -0.25) is 10.00 Å². The number of phenols is 1. The number of aromatic amines is 1. The number of H-pyrrole nitrogens is 1. The van der Waals surface area contributed by atoms with Gasteiger partial charge in [-0.15, -0.1) is 0 Å². The van der Waals surface area contributed by atoms with E-state index in [2.05, 4.69) is 25.1 Å². The van der Waals surface area contributed by atoms with Gasteiger partial charge in [-0.1, -0.05) is 0 Å². The van der Waals surface area contributed by atoms with Crippen LogP contribution in [-0.2, 0) is 19.5 Å². The summed E-state index contributed by atoms with van der Waals surface area (Å²) >= 11 is 0. The van der Waals surface area contributed by atoms with Crippen LogP contribution >= 0.6 is 0 Å². The highest BCUT2D eigenvalue weighted by atomic mass is 16.3. The minimum Gasteiger partial charge on any atom is -0.508 e. The summed E-state index contributed by atoms with van der Waals surface area (Å²) in [7, 11) is 0. The van der Waals surface area contributed by atoms with E-state index in [0.29, 0.717) is 0 Å². The van der Waals surface area contributed by atoms with Crippen LogP contribution in [0.5, 0.6) is 5.75 Å². The first-order chi connectivity index (χ1) is 11.7. The highest BCUT2D eigenvalue weighted by Gasteiger charge is 2.20. The Morgan fingerprint density at radius 2 is 2.04 bits per heavy atom. The largest absolute Gasteiger partial charge is 0.508 e. The summed E-state index contributed by atoms with van der Waals surface area (Å²) in [6.07, 6.45) is 4.77. The predicted molar refractivity (Wildman–Crippen MR) is 90.3 cm³/mol. The molecule has 122 valence electrons. The van der Waals surface area contributed by atoms with Crippen molar-refractivity contribution < 1.29 is 5.11 Å². The maximum Gasteiger partial charge on any atom is 0.125 e. The molecule has 0 bridgehead atoms. The number of nitrogens with one attached hydrogen (secondary N) is 1. The number of fused-ring (bicyclic) bond motifs is 1. The van der Waals surface area contributed by atoms with E-state index in [0.717, 1.165) is 48.7 Å². The van der Waals surface area contributed by atoms with Crippen LogP contribution in [0.4, 0.5) is 0 Å². The molecule has 0 saturated carbocycles. The second-order valence-electron chi connectivity index (χ2n) is 6.17. The van der Waals surface area contributed by atoms with Crippen molar-refractivity contribution in [2.24, 2.45) is 0 Å². The maximum absolute atomic E-state index is 9.45. The van der Waals surface area contributed by atoms with Crippen molar-refractivity contribution in [3.63, 3.8) is 0 Å². The molecule has 0 radical (unpaired) electrons. The Bertz CT molecular complexity index is 856. The fraction of sp³-hybridized carbons (Fsp3) is 0.278. The Kier molecular flexibility index (Phi) is 3.74. The van der Waals surface area contributed by atoms with Crippen LogP contribution in [0.2, 0.25) is 0 Å². The van der Waals surface area contributed by atoms with Gasteiger partial charge < -0.3 is 5.11 Å². The SMILES string of the molecule is Cc1ncc2c(n1)CCN(Cc1cn[nH]c1-c1ccc(O)cc1)C2. The second-order valence-corrected chi connectivity index (χ2v) is 6.17. The summed E-state index contributed by atoms with van der Waals surface area (Å²) in [5, 5.41) is 16.7. The summed E-state index contributed by atoms with van der Waals surface area (Å²) in [5.41, 5.74) is 5.56. The molecular weight excluding hydrogens is 302 g/mol. The number of hydrogen-bond acceptors (Lipinski definition) is 5. The highest BCUT2D eigenvalue weighted by molar-refractivity contribution is 5.63. The molecule has 3 aromatic rings. The first kappa shape index (κ1) is 14.8. The molecule has 3 heterocycles. The Labute approximate surface area is 140 Å². The van der Waals surface area contributed by atoms with Crippen LogP contribution in [0.1, 0.15) is 22.6 Å². The van der Waals surface area contributed by atoms with Gasteiger partial charge in [-0.25, -0.2) is 9.97 Å². The third-order valence-corrected chi connectivity index (χ3v) is 4.40. The average molecular weight is 321 g/mol. The number of aryl methyl sites for hydroxylation is 1. The molecule has 0 saturated heterocycles. The van der Waals surface area contributed by atoms with Gasteiger partial charge in [0.25, 0.3) is 0 Å². The van der Waals surface area contributed by atoms with E-state index >= 15 is 0 Å². The van der Waals surface area contributed by atoms with Crippen LogP contribution in [0.25, 0.3) is 11.3 Å². The normalized spacial score (nSPS) is 14.5. The van der Waals surface area contributed by atoms with E-state index in [1.54, 1.807) is 12.1 Å². The molecule has 6 heteroatoms. The van der Waals surface area contributed by atoms with Crippen molar-refractivity contribution >= 4 is 0 Å². The quantitative estimate of drug-likeness (QED) is 0.775. The van der Waals surface area contributed by atoms with Crippen LogP contribution in [0.15, 0.2) is 36.7 Å². The van der Waals surface area contributed by atoms with Gasteiger partial charge in [0.15, 0.2) is 0 Å². The lowest BCUT2D eigenvalue weighted by Crippen LogP contribution is -2.31. The zero-order chi connectivity index (χ0) is 16.5. The molecule has 1 aliphatic rings. The summed E-state index contributed by atoms with van der Waals surface area (Å²) in [6, 6.07) is 7.18. The highest BCUT2D eigenvalue weighted by Crippen LogP contribution is 2.26. The molecule has 4 rings (SSSR count). The molecule has 6 nitrogen and oxygen atoms in total. The summed E-state index contributed by atoms with van der Waals surface area (Å²) in [5.74, 6) is 1.11. The first-order valence-electron chi connectivity index (χ1n) is 8.04. The van der Waals surface area contributed by atoms with E-state index in [4.69, 9.17) is 0 Å². The third kappa shape index (κ3) is 2.88. The molecule has 0 unspecified atom stereocenters. The maximum atomic E-state index is 9.45. The second kappa shape index (κ2) is 6.05. The Hall–Kier alpha value is -2.73. The number of aromatic nitrogens is 4. The van der Waals surface area contributed by atoms with Crippen molar-refractivity contribution in [3.8, 4) is 17.0 Å². The molecule has 0 amide bonds. The fourth-order valence-electron chi connectivity index (χ4n) is 3.16. The predicted octanol–water partition coefficient (Wildman–Crippen LogP) is 2.44. The standard InChI is InChI=1S/C18H19N5O/c1-12-19-8-14-10-23(7-6-17(14)21-12)11-15-9-20-22-18(15)13-2-4-16(24)5-3-13/h2-5,8-9,24H,6-7,10-11H2,1H3,(H,20,22). The van der Waals surface area contributed by atoms with Crippen LogP contribution in [-0.4, -0.2) is 36.7 Å². The van der Waals surface area contributed by atoms with Gasteiger partial charge >= 0.3 is 0 Å². The molecule has 24 heavy (non-hydrogen) atoms. The number of benzene rings is 1. The van der Waals surface area contributed by atoms with E-state index < -0.39 is 0 Å². The molecule has 0 fully saturated rings. The monoisotopic (exact) mass is 321 g/mol. The number of phenolic OH excluding ortho intramolecular Hbond substituents is 1. The van der Waals surface area contributed by atoms with Gasteiger partial charge in [0.05, 0.1) is 11.9 Å². The lowest BCUT2D eigenvalue weighted by Gasteiger charge is -2.27. The zero-order valence-corrected chi connectivity index (χ0v) is 13.5. The lowest BCUT2D eigenvalue weighted by atomic mass is 10.0. The van der Waals surface area contributed by atoms with Crippen LogP contribution < -0.4 is 0 Å². The summed E-state index contributed by atoms with van der Waals surface area (Å²) in [6.45, 7) is 4.58. The number of rotatable bonds is 3. The molecule has 2 aromatic heterocycles. The van der Waals surface area contributed by atoms with Gasteiger partial charge in [-0.2, -0.15) is 5.10 Å². The number of hydrogen-bond donors (Lipinski definition) is 2. The van der Waals surface area contributed by atoms with Gasteiger partial charge in [0.2, 0.25) is 0 Å². The number of aromatic hydroxyl groups is 1. The van der Waals surface area contributed by atoms with Crippen LogP contribution in [0.3, 0.4) is 0 Å². The molecular formula is C18H19N5O. The summed E-state index contributed by atoms with van der Waals surface area (Å²) in [4.78, 5) is 11.2. The minimum atomic E-state index is 0.266. The van der Waals surface area contributed by atoms with Gasteiger partial charge in [0.1, 0.15) is 11.6 Å². The van der Waals surface area contributed by atoms with Crippen LogP contribution in [0, 0.1) is 6.92 Å². The lowest BCUT2D eigenvalue weighted by molar-refractivity contribution is 0.243. The van der Waals surface area contributed by atoms with E-state index in [1.807, 2.05) is 31.5 Å². The van der Waals surface area contributed by atoms with Gasteiger partial charge in [0, 0.05) is 54.6 Å². The van der Waals surface area contributed by atoms with Crippen molar-refractivity contribution in [2.45, 2.75) is 26.4 Å². The molecule has 0 spiro atoms. The fourth-order valence-corrected chi connectivity index (χ4v) is 3.16. The molecule has 2 N–H and O–H groups in total. The topological polar surface area (TPSA) is 77.9 Å². The first-order valence-corrected chi connectivity index (χ1v) is 8.04. The smallest absolute Gasteiger partial charge is 0.125 e. The average Bonchev–Trinajstić information content (AvgIpc) is 3.04. The molecule has 1 aromatic carbocycles. The van der Waals surface area contributed by atoms with Crippen molar-refractivity contribution in [1.82, 2.24) is 25.1 Å². The van der Waals surface area contributed by atoms with Crippen molar-refractivity contribution in [3.05, 3.63) is 59.3 Å². The minimum absolute atomic E-state index is 0.266. The van der Waals surface area contributed by atoms with E-state index in [9.17, 15) is 5.11 Å². The van der Waals surface area contributed by atoms with E-state index in [1.165, 1.54) is 11.3 Å². The molecule has 1 aliphatic heterocycles. The van der Waals surface area contributed by atoms with Gasteiger partial charge in [-0.05, 0) is 31.2 Å². The zero-order valence-electron chi connectivity index (χ0n) is 13.5. The Balaban J connectivity index is 1.54. The van der Waals surface area contributed by atoms with E-state index in [-0.39, 0.29) is 5.75 Å². The molecule has 0 aliphatic carbocycles. The third-order valence-electron chi connectivity index (χ3n) is 4.40. The van der Waals surface area contributed by atoms with Crippen molar-refractivity contribution in [1.29, 1.82) is 0 Å². The summed E-state index contributed by atoms with van der Waals surface area (Å²) < 4.78 is 0. The molecule has 0 atom stereocenters. The van der Waals surface area contributed by atoms with Crippen molar-refractivity contribution in [2.75, 3.05) is 6.54 Å².